The van der Waals surface area contributed by atoms with E-state index in [-0.39, 0.29) is 12.1 Å². The van der Waals surface area contributed by atoms with Crippen LogP contribution in [-0.2, 0) is 0 Å². The van der Waals surface area contributed by atoms with Gasteiger partial charge in [-0.05, 0) is 19.3 Å². The van der Waals surface area contributed by atoms with Crippen LogP contribution < -0.4 is 5.32 Å². The molecule has 2 aromatic rings. The second kappa shape index (κ2) is 3.82. The summed E-state index contributed by atoms with van der Waals surface area (Å²) in [6.07, 6.45) is 4.43. The van der Waals surface area contributed by atoms with E-state index in [4.69, 9.17) is 11.6 Å². The van der Waals surface area contributed by atoms with E-state index in [0.717, 1.165) is 19.3 Å². The molecule has 1 aliphatic rings. The quantitative estimate of drug-likeness (QED) is 0.802. The van der Waals surface area contributed by atoms with E-state index in [1.807, 2.05) is 0 Å². The van der Waals surface area contributed by atoms with Crippen LogP contribution in [0.2, 0.25) is 5.15 Å². The van der Waals surface area contributed by atoms with Crippen molar-refractivity contribution in [2.45, 2.75) is 24.8 Å². The first-order chi connectivity index (χ1) is 8.22. The van der Waals surface area contributed by atoms with Gasteiger partial charge in [0.25, 0.3) is 5.78 Å². The monoisotopic (exact) mass is 253 g/mol. The van der Waals surface area contributed by atoms with Crippen LogP contribution in [0.5, 0.6) is 0 Å². The number of anilines is 1. The third-order valence-corrected chi connectivity index (χ3v) is 3.42. The fourth-order valence-corrected chi connectivity index (χ4v) is 2.25. The second-order valence-electron chi connectivity index (χ2n) is 4.35. The number of nitrogens with one attached hydrogen (secondary N) is 1. The van der Waals surface area contributed by atoms with Crippen LogP contribution in [0.25, 0.3) is 5.78 Å². The fourth-order valence-electron chi connectivity index (χ4n) is 2.07. The normalized spacial score (nSPS) is 18.0. The summed E-state index contributed by atoms with van der Waals surface area (Å²) in [5.74, 6) is 1.17. The summed E-state index contributed by atoms with van der Waals surface area (Å²) >= 11 is 5.92. The number of hydrogen-bond acceptors (Lipinski definition) is 5. The van der Waals surface area contributed by atoms with E-state index in [0.29, 0.717) is 16.7 Å². The van der Waals surface area contributed by atoms with Crippen molar-refractivity contribution in [3.8, 4) is 0 Å². The van der Waals surface area contributed by atoms with E-state index < -0.39 is 0 Å². The van der Waals surface area contributed by atoms with Crippen molar-refractivity contribution in [1.29, 1.82) is 0 Å². The second-order valence-corrected chi connectivity index (χ2v) is 4.74. The summed E-state index contributed by atoms with van der Waals surface area (Å²) in [4.78, 5) is 8.04. The summed E-state index contributed by atoms with van der Waals surface area (Å²) in [7, 11) is 0. The highest BCUT2D eigenvalue weighted by Gasteiger charge is 2.36. The highest BCUT2D eigenvalue weighted by molar-refractivity contribution is 6.29. The Balaban J connectivity index is 2.01. The minimum atomic E-state index is -0.246. The number of aliphatic hydroxyl groups is 1. The summed E-state index contributed by atoms with van der Waals surface area (Å²) in [6, 6.07) is 1.69. The van der Waals surface area contributed by atoms with Gasteiger partial charge in [-0.15, -0.1) is 0 Å². The molecule has 0 radical (unpaired) electrons. The number of aromatic nitrogens is 4. The summed E-state index contributed by atoms with van der Waals surface area (Å²) in [6.45, 7) is 0.100. The standard InChI is InChI=1S/C10H12ClN5O/c11-7-4-8(15-10(5-17)2-1-3-10)16-9(14-7)12-6-13-16/h4,6,15,17H,1-3,5H2. The zero-order valence-corrected chi connectivity index (χ0v) is 9.85. The minimum Gasteiger partial charge on any atom is -0.394 e. The highest BCUT2D eigenvalue weighted by atomic mass is 35.5. The average Bonchev–Trinajstić information content (AvgIpc) is 2.71. The lowest BCUT2D eigenvalue weighted by molar-refractivity contribution is 0.143. The minimum absolute atomic E-state index is 0.100. The largest absolute Gasteiger partial charge is 0.394 e. The molecule has 1 saturated carbocycles. The molecular weight excluding hydrogens is 242 g/mol. The summed E-state index contributed by atoms with van der Waals surface area (Å²) in [5, 5.41) is 17.2. The highest BCUT2D eigenvalue weighted by Crippen LogP contribution is 2.35. The maximum absolute atomic E-state index is 9.43. The Labute approximate surface area is 103 Å². The Bertz CT molecular complexity index is 545. The topological polar surface area (TPSA) is 75.3 Å². The van der Waals surface area contributed by atoms with Gasteiger partial charge in [0.1, 0.15) is 17.3 Å². The predicted octanol–water partition coefficient (Wildman–Crippen LogP) is 1.10. The van der Waals surface area contributed by atoms with Crippen LogP contribution in [0, 0.1) is 0 Å². The number of rotatable bonds is 3. The van der Waals surface area contributed by atoms with Gasteiger partial charge in [0, 0.05) is 6.07 Å². The number of nitrogens with zero attached hydrogens (tertiary/aromatic N) is 4. The molecular formula is C10H12ClN5O. The third kappa shape index (κ3) is 1.73. The van der Waals surface area contributed by atoms with Gasteiger partial charge in [0.15, 0.2) is 0 Å². The summed E-state index contributed by atoms with van der Waals surface area (Å²) < 4.78 is 1.58. The molecule has 7 heteroatoms. The van der Waals surface area contributed by atoms with Crippen molar-refractivity contribution in [2.24, 2.45) is 0 Å². The molecule has 0 atom stereocenters. The van der Waals surface area contributed by atoms with E-state index in [1.165, 1.54) is 6.33 Å². The van der Waals surface area contributed by atoms with E-state index in [9.17, 15) is 5.11 Å². The Morgan fingerprint density at radius 2 is 2.35 bits per heavy atom. The third-order valence-electron chi connectivity index (χ3n) is 3.23. The maximum Gasteiger partial charge on any atom is 0.255 e. The van der Waals surface area contributed by atoms with Gasteiger partial charge in [0.2, 0.25) is 0 Å². The lowest BCUT2D eigenvalue weighted by Gasteiger charge is -2.41. The van der Waals surface area contributed by atoms with Crippen LogP contribution in [0.15, 0.2) is 12.4 Å². The van der Waals surface area contributed by atoms with Crippen LogP contribution in [-0.4, -0.2) is 36.8 Å². The number of hydrogen-bond donors (Lipinski definition) is 2. The molecule has 0 amide bonds. The molecule has 2 N–H and O–H groups in total. The smallest absolute Gasteiger partial charge is 0.255 e. The van der Waals surface area contributed by atoms with Gasteiger partial charge in [-0.2, -0.15) is 19.6 Å². The first-order valence-electron chi connectivity index (χ1n) is 5.48. The molecule has 90 valence electrons. The zero-order chi connectivity index (χ0) is 11.9. The van der Waals surface area contributed by atoms with Crippen molar-refractivity contribution in [3.63, 3.8) is 0 Å². The van der Waals surface area contributed by atoms with Crippen molar-refractivity contribution in [3.05, 3.63) is 17.5 Å². The Kier molecular flexibility index (Phi) is 2.41. The first kappa shape index (κ1) is 10.7. The van der Waals surface area contributed by atoms with Gasteiger partial charge in [-0.3, -0.25) is 0 Å². The molecule has 1 fully saturated rings. The molecule has 0 saturated heterocycles. The van der Waals surface area contributed by atoms with Crippen LogP contribution in [0.1, 0.15) is 19.3 Å². The van der Waals surface area contributed by atoms with Crippen LogP contribution in [0.3, 0.4) is 0 Å². The van der Waals surface area contributed by atoms with Crippen LogP contribution in [0.4, 0.5) is 5.82 Å². The molecule has 0 spiro atoms. The molecule has 6 nitrogen and oxygen atoms in total. The molecule has 2 heterocycles. The lowest BCUT2D eigenvalue weighted by Crippen LogP contribution is -2.48. The van der Waals surface area contributed by atoms with E-state index >= 15 is 0 Å². The Morgan fingerprint density at radius 1 is 1.53 bits per heavy atom. The summed E-state index contributed by atoms with van der Waals surface area (Å²) in [5.41, 5.74) is -0.246. The first-order valence-corrected chi connectivity index (χ1v) is 5.86. The average molecular weight is 254 g/mol. The maximum atomic E-state index is 9.43. The Hall–Kier alpha value is -1.40. The lowest BCUT2D eigenvalue weighted by atomic mass is 9.77. The Morgan fingerprint density at radius 3 is 3.00 bits per heavy atom. The molecule has 0 bridgehead atoms. The molecule has 0 unspecified atom stereocenters. The van der Waals surface area contributed by atoms with Crippen molar-refractivity contribution in [2.75, 3.05) is 11.9 Å². The van der Waals surface area contributed by atoms with Gasteiger partial charge < -0.3 is 10.4 Å². The molecule has 2 aromatic heterocycles. The molecule has 1 aliphatic carbocycles. The predicted molar refractivity (Wildman–Crippen MR) is 63.1 cm³/mol. The molecule has 3 rings (SSSR count). The molecule has 0 aromatic carbocycles. The number of halogens is 1. The number of aliphatic hydroxyl groups excluding tert-OH is 1. The van der Waals surface area contributed by atoms with E-state index in [1.54, 1.807) is 10.6 Å². The van der Waals surface area contributed by atoms with E-state index in [2.05, 4.69) is 20.4 Å². The van der Waals surface area contributed by atoms with Gasteiger partial charge >= 0.3 is 0 Å². The van der Waals surface area contributed by atoms with Gasteiger partial charge in [-0.25, -0.2) is 0 Å². The SMILES string of the molecule is OCC1(Nc2cc(Cl)nc3ncnn23)CCC1. The van der Waals surface area contributed by atoms with Gasteiger partial charge in [0.05, 0.1) is 12.1 Å². The molecule has 17 heavy (non-hydrogen) atoms. The fraction of sp³-hybridized carbons (Fsp3) is 0.500. The molecule has 0 aliphatic heterocycles. The zero-order valence-electron chi connectivity index (χ0n) is 9.10. The van der Waals surface area contributed by atoms with Gasteiger partial charge in [-0.1, -0.05) is 11.6 Å². The van der Waals surface area contributed by atoms with Crippen molar-refractivity contribution >= 4 is 23.2 Å². The van der Waals surface area contributed by atoms with Crippen molar-refractivity contribution in [1.82, 2.24) is 19.6 Å². The van der Waals surface area contributed by atoms with Crippen LogP contribution >= 0.6 is 11.6 Å². The number of fused-ring (bicyclic) bond motifs is 1. The van der Waals surface area contributed by atoms with Crippen molar-refractivity contribution < 1.29 is 5.11 Å².